The summed E-state index contributed by atoms with van der Waals surface area (Å²) in [5.41, 5.74) is 1.84. The lowest BCUT2D eigenvalue weighted by molar-refractivity contribution is 0.0974. The Hall–Kier alpha value is -2.13. The molecule has 0 unspecified atom stereocenters. The lowest BCUT2D eigenvalue weighted by Gasteiger charge is -2.22. The molecular weight excluding hydrogens is 286 g/mol. The highest BCUT2D eigenvalue weighted by atomic mass is 35.5. The molecule has 3 nitrogen and oxygen atoms in total. The molecule has 0 bridgehead atoms. The first kappa shape index (κ1) is 13.8. The van der Waals surface area contributed by atoms with E-state index in [-0.39, 0.29) is 11.7 Å². The van der Waals surface area contributed by atoms with Crippen molar-refractivity contribution in [3.8, 4) is 0 Å². The summed E-state index contributed by atoms with van der Waals surface area (Å²) in [4.78, 5) is 26.5. The van der Waals surface area contributed by atoms with E-state index in [4.69, 9.17) is 11.6 Å². The van der Waals surface area contributed by atoms with Crippen LogP contribution in [0.2, 0.25) is 5.02 Å². The molecule has 0 saturated carbocycles. The van der Waals surface area contributed by atoms with Crippen LogP contribution in [0.1, 0.15) is 33.6 Å². The fourth-order valence-corrected chi connectivity index (χ4v) is 2.78. The number of hydrogen-bond acceptors (Lipinski definition) is 2. The van der Waals surface area contributed by atoms with E-state index in [0.29, 0.717) is 41.2 Å². The van der Waals surface area contributed by atoms with Gasteiger partial charge in [-0.1, -0.05) is 29.8 Å². The molecule has 0 N–H and O–H groups in total. The number of para-hydroxylation sites is 1. The molecule has 0 aromatic heterocycles. The molecule has 21 heavy (non-hydrogen) atoms. The van der Waals surface area contributed by atoms with Gasteiger partial charge in [-0.05, 0) is 36.8 Å². The predicted octanol–water partition coefficient (Wildman–Crippen LogP) is 3.96. The van der Waals surface area contributed by atoms with Crippen LogP contribution in [0.5, 0.6) is 0 Å². The average molecular weight is 300 g/mol. The number of amides is 1. The summed E-state index contributed by atoms with van der Waals surface area (Å²) < 4.78 is 0. The van der Waals surface area contributed by atoms with Gasteiger partial charge in [0, 0.05) is 29.1 Å². The van der Waals surface area contributed by atoms with E-state index in [1.54, 1.807) is 35.2 Å². The number of fused-ring (bicyclic) bond motifs is 1. The number of halogens is 1. The van der Waals surface area contributed by atoms with Crippen LogP contribution < -0.4 is 4.90 Å². The van der Waals surface area contributed by atoms with Gasteiger partial charge < -0.3 is 4.90 Å². The highest BCUT2D eigenvalue weighted by molar-refractivity contribution is 6.31. The molecule has 3 rings (SSSR count). The smallest absolute Gasteiger partial charge is 0.258 e. The van der Waals surface area contributed by atoms with Crippen LogP contribution in [0.4, 0.5) is 5.69 Å². The molecule has 1 aliphatic heterocycles. The summed E-state index contributed by atoms with van der Waals surface area (Å²) in [6, 6.07) is 14.1. The summed E-state index contributed by atoms with van der Waals surface area (Å²) >= 11 is 5.96. The first-order valence-electron chi connectivity index (χ1n) is 6.86. The van der Waals surface area contributed by atoms with Crippen molar-refractivity contribution in [1.29, 1.82) is 0 Å². The quantitative estimate of drug-likeness (QED) is 0.799. The summed E-state index contributed by atoms with van der Waals surface area (Å²) in [6.45, 7) is 0.536. The van der Waals surface area contributed by atoms with Crippen LogP contribution >= 0.6 is 11.6 Å². The predicted molar refractivity (Wildman–Crippen MR) is 83.1 cm³/mol. The standard InChI is InChI=1S/C17H14ClNO2/c18-13-6-3-5-12(11-13)17(21)19-10-4-9-16(20)14-7-1-2-8-15(14)19/h1-3,5-8,11H,4,9-10H2. The molecule has 0 aliphatic carbocycles. The van der Waals surface area contributed by atoms with Crippen molar-refractivity contribution in [1.82, 2.24) is 0 Å². The third kappa shape index (κ3) is 2.69. The van der Waals surface area contributed by atoms with Gasteiger partial charge in [0.2, 0.25) is 0 Å². The van der Waals surface area contributed by atoms with Crippen LogP contribution in [-0.4, -0.2) is 18.2 Å². The Morgan fingerprint density at radius 1 is 1.10 bits per heavy atom. The minimum atomic E-state index is -0.125. The van der Waals surface area contributed by atoms with E-state index in [0.717, 1.165) is 0 Å². The number of ketones is 1. The highest BCUT2D eigenvalue weighted by Crippen LogP contribution is 2.27. The zero-order valence-electron chi connectivity index (χ0n) is 11.4. The molecule has 106 valence electrons. The third-order valence-electron chi connectivity index (χ3n) is 3.60. The molecule has 0 spiro atoms. The number of nitrogens with zero attached hydrogens (tertiary/aromatic N) is 1. The van der Waals surface area contributed by atoms with E-state index >= 15 is 0 Å². The Bertz CT molecular complexity index is 711. The zero-order chi connectivity index (χ0) is 14.8. The second-order valence-electron chi connectivity index (χ2n) is 5.01. The zero-order valence-corrected chi connectivity index (χ0v) is 12.1. The Kier molecular flexibility index (Phi) is 3.76. The number of hydrogen-bond donors (Lipinski definition) is 0. The van der Waals surface area contributed by atoms with Crippen LogP contribution in [-0.2, 0) is 0 Å². The van der Waals surface area contributed by atoms with Crippen molar-refractivity contribution < 1.29 is 9.59 Å². The van der Waals surface area contributed by atoms with Crippen LogP contribution in [0.15, 0.2) is 48.5 Å². The van der Waals surface area contributed by atoms with Gasteiger partial charge in [-0.3, -0.25) is 9.59 Å². The molecule has 2 aromatic carbocycles. The van der Waals surface area contributed by atoms with Crippen molar-refractivity contribution in [3.05, 3.63) is 64.7 Å². The SMILES string of the molecule is O=C1CCCN(C(=O)c2cccc(Cl)c2)c2ccccc21. The van der Waals surface area contributed by atoms with E-state index in [9.17, 15) is 9.59 Å². The maximum atomic E-state index is 12.7. The van der Waals surface area contributed by atoms with Gasteiger partial charge in [-0.15, -0.1) is 0 Å². The fraction of sp³-hybridized carbons (Fsp3) is 0.176. The number of benzene rings is 2. The lowest BCUT2D eigenvalue weighted by atomic mass is 10.1. The van der Waals surface area contributed by atoms with Crippen LogP contribution in [0.25, 0.3) is 0 Å². The largest absolute Gasteiger partial charge is 0.308 e. The summed E-state index contributed by atoms with van der Waals surface area (Å²) in [7, 11) is 0. The summed E-state index contributed by atoms with van der Waals surface area (Å²) in [5, 5.41) is 0.528. The van der Waals surface area contributed by atoms with Crippen molar-refractivity contribution in [2.45, 2.75) is 12.8 Å². The number of anilines is 1. The van der Waals surface area contributed by atoms with E-state index in [2.05, 4.69) is 0 Å². The molecule has 1 aliphatic rings. The number of carbonyl (C=O) groups excluding carboxylic acids is 2. The first-order valence-corrected chi connectivity index (χ1v) is 7.24. The minimum absolute atomic E-state index is 0.0898. The Labute approximate surface area is 128 Å². The van der Waals surface area contributed by atoms with Gasteiger partial charge in [-0.2, -0.15) is 0 Å². The highest BCUT2D eigenvalue weighted by Gasteiger charge is 2.25. The number of Topliss-reactive ketones (excluding diaryl/α,β-unsaturated/α-hetero) is 1. The molecule has 0 saturated heterocycles. The second kappa shape index (κ2) is 5.70. The lowest BCUT2D eigenvalue weighted by Crippen LogP contribution is -2.31. The van der Waals surface area contributed by atoms with Crippen molar-refractivity contribution in [3.63, 3.8) is 0 Å². The van der Waals surface area contributed by atoms with Crippen molar-refractivity contribution >= 4 is 29.0 Å². The summed E-state index contributed by atoms with van der Waals surface area (Å²) in [5.74, 6) is -0.0355. The number of rotatable bonds is 1. The van der Waals surface area contributed by atoms with Crippen molar-refractivity contribution in [2.75, 3.05) is 11.4 Å². The van der Waals surface area contributed by atoms with E-state index in [1.165, 1.54) is 0 Å². The molecule has 1 heterocycles. The van der Waals surface area contributed by atoms with Gasteiger partial charge in [0.05, 0.1) is 5.69 Å². The molecular formula is C17H14ClNO2. The Balaban J connectivity index is 2.04. The van der Waals surface area contributed by atoms with Crippen LogP contribution in [0.3, 0.4) is 0 Å². The second-order valence-corrected chi connectivity index (χ2v) is 5.45. The maximum Gasteiger partial charge on any atom is 0.258 e. The Morgan fingerprint density at radius 3 is 2.71 bits per heavy atom. The molecule has 0 radical (unpaired) electrons. The van der Waals surface area contributed by atoms with Gasteiger partial charge in [-0.25, -0.2) is 0 Å². The minimum Gasteiger partial charge on any atom is -0.308 e. The topological polar surface area (TPSA) is 37.4 Å². The third-order valence-corrected chi connectivity index (χ3v) is 3.83. The van der Waals surface area contributed by atoms with Gasteiger partial charge in [0.1, 0.15) is 0 Å². The summed E-state index contributed by atoms with van der Waals surface area (Å²) in [6.07, 6.45) is 1.14. The first-order chi connectivity index (χ1) is 10.2. The number of carbonyl (C=O) groups is 2. The molecule has 2 aromatic rings. The normalized spacial score (nSPS) is 14.5. The van der Waals surface area contributed by atoms with Crippen molar-refractivity contribution in [2.24, 2.45) is 0 Å². The van der Waals surface area contributed by atoms with Gasteiger partial charge in [0.15, 0.2) is 5.78 Å². The van der Waals surface area contributed by atoms with E-state index < -0.39 is 0 Å². The molecule has 0 fully saturated rings. The van der Waals surface area contributed by atoms with Crippen LogP contribution in [0, 0.1) is 0 Å². The molecule has 0 atom stereocenters. The fourth-order valence-electron chi connectivity index (χ4n) is 2.59. The monoisotopic (exact) mass is 299 g/mol. The van der Waals surface area contributed by atoms with Gasteiger partial charge >= 0.3 is 0 Å². The van der Waals surface area contributed by atoms with E-state index in [1.807, 2.05) is 18.2 Å². The average Bonchev–Trinajstić information content (AvgIpc) is 2.66. The maximum absolute atomic E-state index is 12.7. The molecule has 4 heteroatoms. The van der Waals surface area contributed by atoms with Gasteiger partial charge in [0.25, 0.3) is 5.91 Å². The Morgan fingerprint density at radius 2 is 1.90 bits per heavy atom. The molecule has 1 amide bonds.